The van der Waals surface area contributed by atoms with Crippen LogP contribution in [0.2, 0.25) is 0 Å². The normalized spacial score (nSPS) is 14.2. The molecular formula is C56H43N. The summed E-state index contributed by atoms with van der Waals surface area (Å²) in [7, 11) is 0. The minimum absolute atomic E-state index is 0.0808. The van der Waals surface area contributed by atoms with Gasteiger partial charge in [0, 0.05) is 27.9 Å². The van der Waals surface area contributed by atoms with E-state index in [0.717, 1.165) is 17.1 Å². The van der Waals surface area contributed by atoms with Gasteiger partial charge in [0.15, 0.2) is 0 Å². The predicted octanol–water partition coefficient (Wildman–Crippen LogP) is 15.4. The zero-order chi connectivity index (χ0) is 38.5. The molecule has 0 unspecified atom stereocenters. The third-order valence-electron chi connectivity index (χ3n) is 13.0. The van der Waals surface area contributed by atoms with Crippen LogP contribution in [0.25, 0.3) is 66.1 Å². The summed E-state index contributed by atoms with van der Waals surface area (Å²) in [6.45, 7) is 9.46. The van der Waals surface area contributed by atoms with Crippen LogP contribution in [0.3, 0.4) is 0 Å². The largest absolute Gasteiger partial charge is 0.310 e. The van der Waals surface area contributed by atoms with Crippen molar-refractivity contribution in [3.63, 3.8) is 0 Å². The topological polar surface area (TPSA) is 3.24 Å². The van der Waals surface area contributed by atoms with Gasteiger partial charge in [-0.2, -0.15) is 0 Å². The molecule has 2 aliphatic rings. The SMILES string of the molecule is CC1(C)c2ccccc2-c2ccc(N(c3ccc(-c4ccc5c(ccc6ccccc65)c4)cc3)c3ccc(-c4cccc5c4C(C)(C)c4ccccc4-5)cc3)cc21. The molecule has 0 aromatic heterocycles. The maximum atomic E-state index is 2.43. The van der Waals surface area contributed by atoms with Crippen LogP contribution in [0.1, 0.15) is 49.9 Å². The number of nitrogens with zero attached hydrogens (tertiary/aromatic N) is 1. The smallest absolute Gasteiger partial charge is 0.0465 e. The van der Waals surface area contributed by atoms with Gasteiger partial charge in [0.25, 0.3) is 0 Å². The number of fused-ring (bicyclic) bond motifs is 9. The number of benzene rings is 9. The van der Waals surface area contributed by atoms with E-state index < -0.39 is 0 Å². The summed E-state index contributed by atoms with van der Waals surface area (Å²) >= 11 is 0. The summed E-state index contributed by atoms with van der Waals surface area (Å²) in [5, 5.41) is 5.12. The quantitative estimate of drug-likeness (QED) is 0.159. The van der Waals surface area contributed by atoms with E-state index in [-0.39, 0.29) is 10.8 Å². The Morgan fingerprint density at radius 3 is 1.60 bits per heavy atom. The average molecular weight is 730 g/mol. The molecular weight excluding hydrogens is 687 g/mol. The van der Waals surface area contributed by atoms with Crippen LogP contribution in [0.15, 0.2) is 188 Å². The molecule has 0 aliphatic heterocycles. The van der Waals surface area contributed by atoms with Crippen LogP contribution in [-0.4, -0.2) is 0 Å². The maximum absolute atomic E-state index is 2.43. The molecule has 0 amide bonds. The van der Waals surface area contributed by atoms with Gasteiger partial charge < -0.3 is 4.90 Å². The highest BCUT2D eigenvalue weighted by Crippen LogP contribution is 2.53. The molecule has 0 atom stereocenters. The molecule has 9 aromatic carbocycles. The second-order valence-electron chi connectivity index (χ2n) is 17.0. The predicted molar refractivity (Wildman–Crippen MR) is 242 cm³/mol. The zero-order valence-electron chi connectivity index (χ0n) is 32.8. The lowest BCUT2D eigenvalue weighted by molar-refractivity contribution is 0.660. The van der Waals surface area contributed by atoms with Gasteiger partial charge in [0.2, 0.25) is 0 Å². The molecule has 0 spiro atoms. The standard InChI is InChI=1S/C56H43N/c1-55(2)51-18-9-7-14-47(51)49-33-31-43(35-53(49)55)57(41-27-22-36(23-28-41)39-26-32-45-40(34-39)21-20-37-12-5-6-13-44(37)45)42-29-24-38(25-30-42)46-16-11-17-50-48-15-8-10-19-52(48)56(3,4)54(46)50/h5-35H,1-4H3. The van der Waals surface area contributed by atoms with E-state index in [2.05, 4.69) is 221 Å². The first-order chi connectivity index (χ1) is 27.8. The highest BCUT2D eigenvalue weighted by Gasteiger charge is 2.38. The van der Waals surface area contributed by atoms with Crippen molar-refractivity contribution in [3.8, 4) is 44.5 Å². The van der Waals surface area contributed by atoms with Gasteiger partial charge in [-0.3, -0.25) is 0 Å². The molecule has 0 heterocycles. The summed E-state index contributed by atoms with van der Waals surface area (Å²) in [6, 6.07) is 70.0. The molecule has 1 nitrogen and oxygen atoms in total. The molecule has 0 saturated carbocycles. The average Bonchev–Trinajstić information content (AvgIpc) is 3.63. The molecule has 0 radical (unpaired) electrons. The van der Waals surface area contributed by atoms with Gasteiger partial charge in [0.1, 0.15) is 0 Å². The Hall–Kier alpha value is -6.70. The van der Waals surface area contributed by atoms with Gasteiger partial charge >= 0.3 is 0 Å². The number of hydrogen-bond acceptors (Lipinski definition) is 1. The molecule has 2 aliphatic carbocycles. The Morgan fingerprint density at radius 2 is 0.842 bits per heavy atom. The van der Waals surface area contributed by atoms with E-state index in [1.807, 2.05) is 0 Å². The molecule has 0 N–H and O–H groups in total. The highest BCUT2D eigenvalue weighted by atomic mass is 15.1. The van der Waals surface area contributed by atoms with E-state index in [4.69, 9.17) is 0 Å². The van der Waals surface area contributed by atoms with Crippen molar-refractivity contribution >= 4 is 38.6 Å². The summed E-state index contributed by atoms with van der Waals surface area (Å²) < 4.78 is 0. The van der Waals surface area contributed by atoms with Crippen molar-refractivity contribution in [2.24, 2.45) is 0 Å². The van der Waals surface area contributed by atoms with E-state index in [9.17, 15) is 0 Å². The zero-order valence-corrected chi connectivity index (χ0v) is 32.8. The number of hydrogen-bond donors (Lipinski definition) is 0. The molecule has 57 heavy (non-hydrogen) atoms. The van der Waals surface area contributed by atoms with E-state index in [1.54, 1.807) is 0 Å². The molecule has 11 rings (SSSR count). The Bertz CT molecular complexity index is 3050. The van der Waals surface area contributed by atoms with Crippen LogP contribution >= 0.6 is 0 Å². The van der Waals surface area contributed by atoms with E-state index in [1.165, 1.54) is 88.3 Å². The van der Waals surface area contributed by atoms with E-state index in [0.29, 0.717) is 0 Å². The fourth-order valence-electron chi connectivity index (χ4n) is 10.2. The fraction of sp³-hybridized carbons (Fsp3) is 0.107. The molecule has 272 valence electrons. The van der Waals surface area contributed by atoms with Crippen molar-refractivity contribution in [1.82, 2.24) is 0 Å². The van der Waals surface area contributed by atoms with Gasteiger partial charge in [0.05, 0.1) is 0 Å². The van der Waals surface area contributed by atoms with Crippen LogP contribution in [0.4, 0.5) is 17.1 Å². The summed E-state index contributed by atoms with van der Waals surface area (Å²) in [5.41, 5.74) is 19.1. The van der Waals surface area contributed by atoms with Crippen molar-refractivity contribution in [3.05, 3.63) is 210 Å². The third-order valence-corrected chi connectivity index (χ3v) is 13.0. The summed E-state index contributed by atoms with van der Waals surface area (Å²) in [5.74, 6) is 0. The first-order valence-electron chi connectivity index (χ1n) is 20.2. The molecule has 9 aromatic rings. The molecule has 0 fully saturated rings. The Kier molecular flexibility index (Phi) is 7.32. The summed E-state index contributed by atoms with van der Waals surface area (Å²) in [4.78, 5) is 2.43. The second kappa shape index (κ2) is 12.4. The van der Waals surface area contributed by atoms with Gasteiger partial charge in [-0.05, 0) is 131 Å². The molecule has 0 bridgehead atoms. The Morgan fingerprint density at radius 1 is 0.316 bits per heavy atom. The van der Waals surface area contributed by atoms with Gasteiger partial charge in [-0.1, -0.05) is 173 Å². The Balaban J connectivity index is 1.01. The van der Waals surface area contributed by atoms with Crippen LogP contribution < -0.4 is 4.90 Å². The first kappa shape index (κ1) is 33.6. The van der Waals surface area contributed by atoms with Crippen LogP contribution in [-0.2, 0) is 10.8 Å². The van der Waals surface area contributed by atoms with Crippen LogP contribution in [0.5, 0.6) is 0 Å². The van der Waals surface area contributed by atoms with Crippen molar-refractivity contribution in [2.45, 2.75) is 38.5 Å². The maximum Gasteiger partial charge on any atom is 0.0465 e. The lowest BCUT2D eigenvalue weighted by atomic mass is 9.79. The molecule has 0 saturated heterocycles. The van der Waals surface area contributed by atoms with Crippen molar-refractivity contribution < 1.29 is 0 Å². The van der Waals surface area contributed by atoms with Crippen molar-refractivity contribution in [1.29, 1.82) is 0 Å². The Labute approximate surface area is 335 Å². The first-order valence-corrected chi connectivity index (χ1v) is 20.2. The number of rotatable bonds is 5. The summed E-state index contributed by atoms with van der Waals surface area (Å²) in [6.07, 6.45) is 0. The molecule has 1 heteroatoms. The van der Waals surface area contributed by atoms with Gasteiger partial charge in [-0.15, -0.1) is 0 Å². The lowest BCUT2D eigenvalue weighted by Crippen LogP contribution is -2.16. The lowest BCUT2D eigenvalue weighted by Gasteiger charge is -2.29. The number of anilines is 3. The minimum Gasteiger partial charge on any atom is -0.310 e. The second-order valence-corrected chi connectivity index (χ2v) is 17.0. The highest BCUT2D eigenvalue weighted by molar-refractivity contribution is 6.08. The fourth-order valence-corrected chi connectivity index (χ4v) is 10.2. The van der Waals surface area contributed by atoms with Gasteiger partial charge in [-0.25, -0.2) is 0 Å². The third kappa shape index (κ3) is 5.08. The van der Waals surface area contributed by atoms with Crippen LogP contribution in [0, 0.1) is 0 Å². The van der Waals surface area contributed by atoms with E-state index >= 15 is 0 Å². The monoisotopic (exact) mass is 729 g/mol. The minimum atomic E-state index is -0.0964. The van der Waals surface area contributed by atoms with Crippen molar-refractivity contribution in [2.75, 3.05) is 4.90 Å².